The van der Waals surface area contributed by atoms with Gasteiger partial charge in [0, 0.05) is 37.4 Å². The lowest BCUT2D eigenvalue weighted by Gasteiger charge is -2.36. The van der Waals surface area contributed by atoms with Crippen LogP contribution in [0.5, 0.6) is 0 Å². The molecule has 2 aromatic rings. The summed E-state index contributed by atoms with van der Waals surface area (Å²) in [5.74, 6) is 0.150. The monoisotopic (exact) mass is 393 g/mol. The third-order valence-corrected chi connectivity index (χ3v) is 5.79. The van der Waals surface area contributed by atoms with Crippen LogP contribution in [0.1, 0.15) is 46.9 Å². The highest BCUT2D eigenvalue weighted by molar-refractivity contribution is 5.94. The van der Waals surface area contributed by atoms with Crippen molar-refractivity contribution in [3.63, 3.8) is 0 Å². The lowest BCUT2D eigenvalue weighted by atomic mass is 10.0. The molecule has 154 valence electrons. The minimum atomic E-state index is 0.00267. The van der Waals surface area contributed by atoms with E-state index in [0.29, 0.717) is 6.54 Å². The summed E-state index contributed by atoms with van der Waals surface area (Å²) in [5, 5.41) is 3.12. The van der Waals surface area contributed by atoms with Crippen LogP contribution in [-0.4, -0.2) is 49.3 Å². The van der Waals surface area contributed by atoms with Gasteiger partial charge >= 0.3 is 0 Å². The molecule has 1 N–H and O–H groups in total. The fourth-order valence-electron chi connectivity index (χ4n) is 3.68. The molecule has 0 aliphatic carbocycles. The van der Waals surface area contributed by atoms with Gasteiger partial charge in [0.05, 0.1) is 12.6 Å². The number of hydrogen-bond acceptors (Lipinski definition) is 4. The van der Waals surface area contributed by atoms with E-state index in [1.54, 1.807) is 6.92 Å². The molecule has 0 aromatic heterocycles. The van der Waals surface area contributed by atoms with Crippen LogP contribution in [0.3, 0.4) is 0 Å². The number of hydrogen-bond donors (Lipinski definition) is 1. The molecule has 3 rings (SSSR count). The molecule has 1 heterocycles. The van der Waals surface area contributed by atoms with Crippen LogP contribution in [-0.2, 0) is 4.79 Å². The van der Waals surface area contributed by atoms with Crippen LogP contribution in [0.2, 0.25) is 0 Å². The number of carbonyl (C=O) groups excluding carboxylic acids is 2. The van der Waals surface area contributed by atoms with Gasteiger partial charge in [0.25, 0.3) is 0 Å². The zero-order valence-electron chi connectivity index (χ0n) is 17.9. The molecule has 5 nitrogen and oxygen atoms in total. The second-order valence-electron chi connectivity index (χ2n) is 8.00. The molecule has 0 spiro atoms. The molecule has 1 aliphatic heterocycles. The number of aryl methyl sites for hydroxylation is 2. The molecule has 1 atom stereocenters. The largest absolute Gasteiger partial charge is 0.369 e. The number of ketones is 1. The maximum atomic E-state index is 12.5. The number of amides is 1. The fourth-order valence-corrected chi connectivity index (χ4v) is 3.68. The van der Waals surface area contributed by atoms with E-state index in [1.165, 1.54) is 11.1 Å². The zero-order valence-corrected chi connectivity index (χ0v) is 17.9. The van der Waals surface area contributed by atoms with Crippen LogP contribution in [0.15, 0.2) is 42.5 Å². The first kappa shape index (κ1) is 21.1. The van der Waals surface area contributed by atoms with Gasteiger partial charge in [-0.1, -0.05) is 18.2 Å². The van der Waals surface area contributed by atoms with Crippen LogP contribution >= 0.6 is 0 Å². The fraction of sp³-hybridized carbons (Fsp3) is 0.417. The highest BCUT2D eigenvalue weighted by atomic mass is 16.2. The predicted molar refractivity (Wildman–Crippen MR) is 118 cm³/mol. The number of piperazine rings is 1. The van der Waals surface area contributed by atoms with Gasteiger partial charge in [-0.25, -0.2) is 0 Å². The Kier molecular flexibility index (Phi) is 6.70. The minimum Gasteiger partial charge on any atom is -0.369 e. The van der Waals surface area contributed by atoms with Crippen LogP contribution in [0.25, 0.3) is 0 Å². The number of anilines is 1. The van der Waals surface area contributed by atoms with E-state index in [1.807, 2.05) is 31.2 Å². The molecule has 0 unspecified atom stereocenters. The van der Waals surface area contributed by atoms with Gasteiger partial charge < -0.3 is 10.2 Å². The molecule has 0 saturated carbocycles. The smallest absolute Gasteiger partial charge is 0.234 e. The van der Waals surface area contributed by atoms with E-state index in [-0.39, 0.29) is 17.7 Å². The van der Waals surface area contributed by atoms with E-state index >= 15 is 0 Å². The number of nitrogens with one attached hydrogen (secondary N) is 1. The molecule has 0 bridgehead atoms. The summed E-state index contributed by atoms with van der Waals surface area (Å²) in [4.78, 5) is 28.4. The zero-order chi connectivity index (χ0) is 21.0. The first-order valence-electron chi connectivity index (χ1n) is 10.3. The lowest BCUT2D eigenvalue weighted by Crippen LogP contribution is -2.49. The van der Waals surface area contributed by atoms with Crippen molar-refractivity contribution in [1.29, 1.82) is 0 Å². The third kappa shape index (κ3) is 5.45. The quantitative estimate of drug-likeness (QED) is 0.763. The third-order valence-electron chi connectivity index (χ3n) is 5.79. The summed E-state index contributed by atoms with van der Waals surface area (Å²) in [5.41, 5.74) is 5.52. The second-order valence-corrected chi connectivity index (χ2v) is 8.00. The van der Waals surface area contributed by atoms with Gasteiger partial charge in [-0.3, -0.25) is 14.5 Å². The van der Waals surface area contributed by atoms with Gasteiger partial charge in [0.2, 0.25) is 5.91 Å². The summed E-state index contributed by atoms with van der Waals surface area (Å²) in [6.07, 6.45) is 0. The Morgan fingerprint density at radius 3 is 2.21 bits per heavy atom. The number of carbonyl (C=O) groups is 2. The number of nitrogens with zero attached hydrogens (tertiary/aromatic N) is 2. The van der Waals surface area contributed by atoms with Gasteiger partial charge in [-0.2, -0.15) is 0 Å². The van der Waals surface area contributed by atoms with Crippen molar-refractivity contribution in [3.8, 4) is 0 Å². The maximum Gasteiger partial charge on any atom is 0.234 e. The highest BCUT2D eigenvalue weighted by Crippen LogP contribution is 2.19. The van der Waals surface area contributed by atoms with E-state index in [4.69, 9.17) is 0 Å². The summed E-state index contributed by atoms with van der Waals surface area (Å²) in [6, 6.07) is 14.1. The van der Waals surface area contributed by atoms with Crippen molar-refractivity contribution in [1.82, 2.24) is 10.2 Å². The number of Topliss-reactive ketones (excluding diaryl/α,β-unsaturated/α-hetero) is 1. The molecular weight excluding hydrogens is 362 g/mol. The molecule has 1 fully saturated rings. The van der Waals surface area contributed by atoms with Gasteiger partial charge in [-0.15, -0.1) is 0 Å². The Hall–Kier alpha value is -2.66. The minimum absolute atomic E-state index is 0.00267. The van der Waals surface area contributed by atoms with E-state index in [0.717, 1.165) is 43.0 Å². The topological polar surface area (TPSA) is 52.7 Å². The van der Waals surface area contributed by atoms with Crippen molar-refractivity contribution in [3.05, 3.63) is 64.7 Å². The highest BCUT2D eigenvalue weighted by Gasteiger charge is 2.20. The van der Waals surface area contributed by atoms with Crippen LogP contribution < -0.4 is 10.2 Å². The molecule has 1 aliphatic rings. The van der Waals surface area contributed by atoms with Crippen molar-refractivity contribution in [2.24, 2.45) is 0 Å². The lowest BCUT2D eigenvalue weighted by molar-refractivity contribution is -0.123. The molecule has 5 heteroatoms. The van der Waals surface area contributed by atoms with Crippen molar-refractivity contribution in [2.45, 2.75) is 33.7 Å². The van der Waals surface area contributed by atoms with Crippen LogP contribution in [0, 0.1) is 13.8 Å². The molecular formula is C24H31N3O2. The molecule has 1 amide bonds. The van der Waals surface area contributed by atoms with E-state index < -0.39 is 0 Å². The van der Waals surface area contributed by atoms with Gasteiger partial charge in [-0.05, 0) is 68.7 Å². The molecule has 1 saturated heterocycles. The Labute approximate surface area is 173 Å². The van der Waals surface area contributed by atoms with Crippen molar-refractivity contribution < 1.29 is 9.59 Å². The average Bonchev–Trinajstić information content (AvgIpc) is 2.70. The molecule has 2 aromatic carbocycles. The predicted octanol–water partition coefficient (Wildman–Crippen LogP) is 3.51. The Morgan fingerprint density at radius 2 is 1.62 bits per heavy atom. The van der Waals surface area contributed by atoms with Gasteiger partial charge in [0.1, 0.15) is 0 Å². The van der Waals surface area contributed by atoms with E-state index in [2.05, 4.69) is 47.2 Å². The molecule has 29 heavy (non-hydrogen) atoms. The standard InChI is InChI=1S/C24H31N3O2/c1-17-5-6-22(15-18(17)2)19(3)25-24(29)16-26-11-13-27(14-12-26)23-9-7-21(8-10-23)20(4)28/h5-10,15,19H,11-14,16H2,1-4H3,(H,25,29)/t19-/m1/s1. The summed E-state index contributed by atoms with van der Waals surface area (Å²) >= 11 is 0. The summed E-state index contributed by atoms with van der Waals surface area (Å²) in [7, 11) is 0. The number of rotatable bonds is 6. The van der Waals surface area contributed by atoms with Crippen molar-refractivity contribution >= 4 is 17.4 Å². The first-order chi connectivity index (χ1) is 13.8. The van der Waals surface area contributed by atoms with Gasteiger partial charge in [0.15, 0.2) is 5.78 Å². The number of benzene rings is 2. The normalized spacial score (nSPS) is 15.8. The Bertz CT molecular complexity index is 868. The summed E-state index contributed by atoms with van der Waals surface area (Å²) < 4.78 is 0. The Morgan fingerprint density at radius 1 is 0.966 bits per heavy atom. The SMILES string of the molecule is CC(=O)c1ccc(N2CCN(CC(=O)N[C@H](C)c3ccc(C)c(C)c3)CC2)cc1. The summed E-state index contributed by atoms with van der Waals surface area (Å²) in [6.45, 7) is 11.7. The molecule has 0 radical (unpaired) electrons. The van der Waals surface area contributed by atoms with Crippen molar-refractivity contribution in [2.75, 3.05) is 37.6 Å². The first-order valence-corrected chi connectivity index (χ1v) is 10.3. The van der Waals surface area contributed by atoms with Crippen LogP contribution in [0.4, 0.5) is 5.69 Å². The maximum absolute atomic E-state index is 12.5. The average molecular weight is 394 g/mol. The van der Waals surface area contributed by atoms with E-state index in [9.17, 15) is 9.59 Å². The Balaban J connectivity index is 1.47. The second kappa shape index (κ2) is 9.23.